The van der Waals surface area contributed by atoms with E-state index in [0.717, 1.165) is 35.7 Å². The second-order valence-electron chi connectivity index (χ2n) is 8.88. The lowest BCUT2D eigenvalue weighted by atomic mass is 9.68. The van der Waals surface area contributed by atoms with Crippen LogP contribution in [-0.2, 0) is 17.8 Å². The molecule has 0 unspecified atom stereocenters. The molecule has 0 aromatic heterocycles. The van der Waals surface area contributed by atoms with Crippen LogP contribution in [0.3, 0.4) is 0 Å². The molecule has 2 aliphatic rings. The topological polar surface area (TPSA) is 9.23 Å². The standard InChI is InChI=1S/C25H37FO/c1-3-4-19-7-12-22(13-8-19)23-14-9-20(10-15-23)5-6-21-11-16-24(18-27-2)25(26)17-21/h3-4,11,16-17,19-20,22-23H,5-10,12-15,18H2,1-2H3/b4-3+. The number of aryl methyl sites for hydroxylation is 1. The summed E-state index contributed by atoms with van der Waals surface area (Å²) in [4.78, 5) is 0. The lowest BCUT2D eigenvalue weighted by Gasteiger charge is -2.37. The fraction of sp³-hybridized carbons (Fsp3) is 0.680. The zero-order chi connectivity index (χ0) is 19.1. The fourth-order valence-corrected chi connectivity index (χ4v) is 5.42. The van der Waals surface area contributed by atoms with Crippen LogP contribution in [0.2, 0.25) is 0 Å². The van der Waals surface area contributed by atoms with E-state index in [1.54, 1.807) is 13.2 Å². The highest BCUT2D eigenvalue weighted by Crippen LogP contribution is 2.42. The van der Waals surface area contributed by atoms with Gasteiger partial charge in [0.1, 0.15) is 5.82 Å². The molecule has 0 radical (unpaired) electrons. The molecule has 1 aromatic carbocycles. The molecule has 3 rings (SSSR count). The second kappa shape index (κ2) is 10.4. The van der Waals surface area contributed by atoms with Gasteiger partial charge in [-0.25, -0.2) is 4.39 Å². The van der Waals surface area contributed by atoms with Crippen molar-refractivity contribution >= 4 is 0 Å². The van der Waals surface area contributed by atoms with Crippen LogP contribution in [-0.4, -0.2) is 7.11 Å². The molecule has 0 bridgehead atoms. The summed E-state index contributed by atoms with van der Waals surface area (Å²) in [5.74, 6) is 3.51. The zero-order valence-corrected chi connectivity index (χ0v) is 17.3. The van der Waals surface area contributed by atoms with Crippen LogP contribution in [0.4, 0.5) is 4.39 Å². The summed E-state index contributed by atoms with van der Waals surface area (Å²) in [5.41, 5.74) is 1.79. The van der Waals surface area contributed by atoms with Crippen LogP contribution in [0.15, 0.2) is 30.4 Å². The van der Waals surface area contributed by atoms with Gasteiger partial charge in [-0.05, 0) is 93.6 Å². The van der Waals surface area contributed by atoms with Crippen molar-refractivity contribution in [1.29, 1.82) is 0 Å². The largest absolute Gasteiger partial charge is 0.380 e. The number of ether oxygens (including phenoxy) is 1. The summed E-state index contributed by atoms with van der Waals surface area (Å²) in [6.07, 6.45) is 18.2. The van der Waals surface area contributed by atoms with Crippen LogP contribution in [0.5, 0.6) is 0 Å². The van der Waals surface area contributed by atoms with Crippen molar-refractivity contribution in [3.8, 4) is 0 Å². The Morgan fingerprint density at radius 2 is 1.67 bits per heavy atom. The van der Waals surface area contributed by atoms with Crippen molar-refractivity contribution in [2.75, 3.05) is 7.11 Å². The predicted molar refractivity (Wildman–Crippen MR) is 111 cm³/mol. The van der Waals surface area contributed by atoms with Gasteiger partial charge in [0.15, 0.2) is 0 Å². The minimum absolute atomic E-state index is 0.119. The molecule has 2 aliphatic carbocycles. The third-order valence-electron chi connectivity index (χ3n) is 7.10. The van der Waals surface area contributed by atoms with Gasteiger partial charge < -0.3 is 4.74 Å². The first-order chi connectivity index (χ1) is 13.2. The lowest BCUT2D eigenvalue weighted by molar-refractivity contribution is 0.152. The third kappa shape index (κ3) is 5.91. The van der Waals surface area contributed by atoms with E-state index >= 15 is 0 Å². The normalized spacial score (nSPS) is 29.3. The van der Waals surface area contributed by atoms with E-state index in [9.17, 15) is 4.39 Å². The molecule has 2 heteroatoms. The molecule has 0 amide bonds. The van der Waals surface area contributed by atoms with Crippen molar-refractivity contribution in [2.45, 2.75) is 77.7 Å². The van der Waals surface area contributed by atoms with Gasteiger partial charge in [0.25, 0.3) is 0 Å². The van der Waals surface area contributed by atoms with E-state index in [4.69, 9.17) is 4.74 Å². The van der Waals surface area contributed by atoms with Crippen molar-refractivity contribution in [3.63, 3.8) is 0 Å². The van der Waals surface area contributed by atoms with Gasteiger partial charge in [-0.15, -0.1) is 0 Å². The number of rotatable bonds is 7. The average molecular weight is 373 g/mol. The highest BCUT2D eigenvalue weighted by molar-refractivity contribution is 5.24. The first-order valence-electron chi connectivity index (χ1n) is 11.1. The number of hydrogen-bond donors (Lipinski definition) is 0. The molecule has 0 saturated heterocycles. The van der Waals surface area contributed by atoms with E-state index in [1.165, 1.54) is 57.8 Å². The Balaban J connectivity index is 1.39. The minimum Gasteiger partial charge on any atom is -0.380 e. The molecule has 0 N–H and O–H groups in total. The molecule has 0 aliphatic heterocycles. The van der Waals surface area contributed by atoms with Crippen LogP contribution in [0.25, 0.3) is 0 Å². The predicted octanol–water partition coefficient (Wildman–Crippen LogP) is 7.09. The molecular weight excluding hydrogens is 335 g/mol. The van der Waals surface area contributed by atoms with Gasteiger partial charge in [0.05, 0.1) is 6.61 Å². The Hall–Kier alpha value is -1.15. The molecule has 0 heterocycles. The van der Waals surface area contributed by atoms with Gasteiger partial charge in [-0.3, -0.25) is 0 Å². The molecule has 2 saturated carbocycles. The van der Waals surface area contributed by atoms with Crippen molar-refractivity contribution in [1.82, 2.24) is 0 Å². The Morgan fingerprint density at radius 3 is 2.26 bits per heavy atom. The lowest BCUT2D eigenvalue weighted by Crippen LogP contribution is -2.25. The molecule has 150 valence electrons. The van der Waals surface area contributed by atoms with E-state index in [-0.39, 0.29) is 5.82 Å². The average Bonchev–Trinajstić information content (AvgIpc) is 2.70. The van der Waals surface area contributed by atoms with Crippen molar-refractivity contribution < 1.29 is 9.13 Å². The summed E-state index contributed by atoms with van der Waals surface area (Å²) in [6, 6.07) is 5.67. The number of benzene rings is 1. The van der Waals surface area contributed by atoms with Gasteiger partial charge in [0, 0.05) is 12.7 Å². The highest BCUT2D eigenvalue weighted by Gasteiger charge is 2.30. The van der Waals surface area contributed by atoms with E-state index < -0.39 is 0 Å². The first kappa shape index (κ1) is 20.6. The summed E-state index contributed by atoms with van der Waals surface area (Å²) in [7, 11) is 1.61. The molecule has 1 aromatic rings. The van der Waals surface area contributed by atoms with Gasteiger partial charge in [-0.1, -0.05) is 37.1 Å². The van der Waals surface area contributed by atoms with E-state index in [1.807, 2.05) is 6.07 Å². The maximum absolute atomic E-state index is 14.1. The smallest absolute Gasteiger partial charge is 0.128 e. The number of methoxy groups -OCH3 is 1. The van der Waals surface area contributed by atoms with Crippen LogP contribution in [0, 0.1) is 29.5 Å². The maximum atomic E-state index is 14.1. The zero-order valence-electron chi connectivity index (χ0n) is 17.3. The van der Waals surface area contributed by atoms with Gasteiger partial charge >= 0.3 is 0 Å². The fourth-order valence-electron chi connectivity index (χ4n) is 5.42. The summed E-state index contributed by atoms with van der Waals surface area (Å²) < 4.78 is 19.1. The number of hydrogen-bond acceptors (Lipinski definition) is 1. The van der Waals surface area contributed by atoms with Crippen LogP contribution < -0.4 is 0 Å². The van der Waals surface area contributed by atoms with Crippen molar-refractivity contribution in [3.05, 3.63) is 47.3 Å². The van der Waals surface area contributed by atoms with Crippen molar-refractivity contribution in [2.24, 2.45) is 23.7 Å². The minimum atomic E-state index is -0.119. The Morgan fingerprint density at radius 1 is 1.00 bits per heavy atom. The molecule has 27 heavy (non-hydrogen) atoms. The molecule has 1 nitrogen and oxygen atoms in total. The highest BCUT2D eigenvalue weighted by atomic mass is 19.1. The second-order valence-corrected chi connectivity index (χ2v) is 8.88. The number of allylic oxidation sites excluding steroid dienone is 2. The van der Waals surface area contributed by atoms with Gasteiger partial charge in [0.2, 0.25) is 0 Å². The van der Waals surface area contributed by atoms with Gasteiger partial charge in [-0.2, -0.15) is 0 Å². The Labute approximate surface area is 165 Å². The molecule has 0 spiro atoms. The summed E-state index contributed by atoms with van der Waals surface area (Å²) >= 11 is 0. The Bertz CT molecular complexity index is 592. The first-order valence-corrected chi connectivity index (χ1v) is 11.1. The Kier molecular flexibility index (Phi) is 7.93. The monoisotopic (exact) mass is 372 g/mol. The molecular formula is C25H37FO. The SMILES string of the molecule is C/C=C/C1CCC(C2CCC(CCc3ccc(COC)c(F)c3)CC2)CC1. The summed E-state index contributed by atoms with van der Waals surface area (Å²) in [5, 5.41) is 0. The van der Waals surface area contributed by atoms with E-state index in [2.05, 4.69) is 25.1 Å². The number of halogens is 1. The molecule has 0 atom stereocenters. The summed E-state index contributed by atoms with van der Waals surface area (Å²) in [6.45, 7) is 2.50. The molecule has 2 fully saturated rings. The quantitative estimate of drug-likeness (QED) is 0.464. The van der Waals surface area contributed by atoms with Crippen LogP contribution in [0.1, 0.15) is 75.8 Å². The third-order valence-corrected chi connectivity index (χ3v) is 7.10. The maximum Gasteiger partial charge on any atom is 0.128 e. The van der Waals surface area contributed by atoms with Crippen LogP contribution >= 0.6 is 0 Å². The van der Waals surface area contributed by atoms with E-state index in [0.29, 0.717) is 12.2 Å².